The van der Waals surface area contributed by atoms with E-state index in [-0.39, 0.29) is 19.4 Å². The minimum Gasteiger partial charge on any atom is -0.375 e. The number of hydrogen-bond donors (Lipinski definition) is 1. The Hall–Kier alpha value is -0.780. The van der Waals surface area contributed by atoms with Crippen LogP contribution >= 0.6 is 0 Å². The molecule has 0 heterocycles. The maximum atomic E-state index is 12.2. The number of hydrogen-bond acceptors (Lipinski definition) is 2. The van der Waals surface area contributed by atoms with Crippen LogP contribution in [-0.2, 0) is 9.53 Å². The number of carbonyl (C=O) groups excluding carboxylic acids is 1. The van der Waals surface area contributed by atoms with Gasteiger partial charge in [0.15, 0.2) is 0 Å². The van der Waals surface area contributed by atoms with E-state index in [1.54, 1.807) is 0 Å². The molecule has 0 aromatic carbocycles. The van der Waals surface area contributed by atoms with Gasteiger partial charge in [0.1, 0.15) is 12.1 Å². The van der Waals surface area contributed by atoms with Gasteiger partial charge in [-0.2, -0.15) is 13.2 Å². The summed E-state index contributed by atoms with van der Waals surface area (Å²) in [5.74, 6) is -0.725. The molecule has 1 amide bonds. The van der Waals surface area contributed by atoms with Crippen LogP contribution in [0.15, 0.2) is 0 Å². The van der Waals surface area contributed by atoms with E-state index in [0.29, 0.717) is 0 Å². The van der Waals surface area contributed by atoms with Crippen molar-refractivity contribution in [3.05, 3.63) is 0 Å². The molecule has 0 radical (unpaired) electrons. The predicted octanol–water partition coefficient (Wildman–Crippen LogP) is 0.844. The van der Waals surface area contributed by atoms with Gasteiger partial charge in [0.25, 0.3) is 0 Å². The molecule has 0 aromatic rings. The molecular weight excluding hydrogens is 187 g/mol. The molecule has 0 spiro atoms. The molecule has 76 valence electrons. The summed E-state index contributed by atoms with van der Waals surface area (Å²) < 4.78 is 41.1. The summed E-state index contributed by atoms with van der Waals surface area (Å²) in [4.78, 5) is 10.8. The number of nitrogens with one attached hydrogen (secondary N) is 1. The molecule has 1 fully saturated rings. The predicted molar refractivity (Wildman–Crippen MR) is 38.0 cm³/mol. The highest BCUT2D eigenvalue weighted by Crippen LogP contribution is 2.48. The molecule has 0 unspecified atom stereocenters. The zero-order valence-electron chi connectivity index (χ0n) is 7.07. The van der Waals surface area contributed by atoms with Crippen LogP contribution < -0.4 is 5.32 Å². The first-order valence-electron chi connectivity index (χ1n) is 3.78. The molecule has 6 heteroatoms. The number of ether oxygens (including phenoxy) is 1. The number of amides is 1. The van der Waals surface area contributed by atoms with Crippen LogP contribution in [0.1, 0.15) is 12.8 Å². The lowest BCUT2D eigenvalue weighted by Crippen LogP contribution is -2.48. The Labute approximate surface area is 73.2 Å². The summed E-state index contributed by atoms with van der Waals surface area (Å²) in [5, 5.41) is 1.92. The van der Waals surface area contributed by atoms with Crippen LogP contribution in [0.4, 0.5) is 13.2 Å². The standard InChI is InChI=1S/C7H10F3NO2/c1-13-4-5(12)11-6(2-3-6)7(8,9)10/h2-4H2,1H3,(H,11,12). The van der Waals surface area contributed by atoms with Crippen molar-refractivity contribution in [2.24, 2.45) is 0 Å². The second-order valence-electron chi connectivity index (χ2n) is 3.06. The summed E-state index contributed by atoms with van der Waals surface area (Å²) in [7, 11) is 1.26. The molecule has 0 aliphatic heterocycles. The van der Waals surface area contributed by atoms with Crippen LogP contribution in [0.3, 0.4) is 0 Å². The zero-order chi connectivity index (χ0) is 10.1. The molecule has 1 aliphatic rings. The van der Waals surface area contributed by atoms with Crippen molar-refractivity contribution < 1.29 is 22.7 Å². The van der Waals surface area contributed by atoms with E-state index < -0.39 is 17.6 Å². The molecule has 13 heavy (non-hydrogen) atoms. The fraction of sp³-hybridized carbons (Fsp3) is 0.857. The minimum absolute atomic E-state index is 0.0358. The molecule has 1 aliphatic carbocycles. The van der Waals surface area contributed by atoms with Gasteiger partial charge in [0.05, 0.1) is 0 Å². The molecule has 0 bridgehead atoms. The highest BCUT2D eigenvalue weighted by Gasteiger charge is 2.64. The van der Waals surface area contributed by atoms with Gasteiger partial charge in [-0.15, -0.1) is 0 Å². The Morgan fingerprint density at radius 2 is 2.08 bits per heavy atom. The third-order valence-corrected chi connectivity index (χ3v) is 1.95. The average Bonchev–Trinajstić information content (AvgIpc) is 2.67. The van der Waals surface area contributed by atoms with Crippen molar-refractivity contribution in [2.75, 3.05) is 13.7 Å². The molecule has 3 nitrogen and oxygen atoms in total. The molecule has 1 rings (SSSR count). The molecule has 0 saturated heterocycles. The van der Waals surface area contributed by atoms with Gasteiger partial charge in [0, 0.05) is 7.11 Å². The van der Waals surface area contributed by atoms with E-state index >= 15 is 0 Å². The first kappa shape index (κ1) is 10.3. The highest BCUT2D eigenvalue weighted by molar-refractivity contribution is 5.78. The van der Waals surface area contributed by atoms with Crippen LogP contribution in [0.5, 0.6) is 0 Å². The van der Waals surface area contributed by atoms with Gasteiger partial charge >= 0.3 is 6.18 Å². The van der Waals surface area contributed by atoms with Gasteiger partial charge in [-0.1, -0.05) is 0 Å². The lowest BCUT2D eigenvalue weighted by Gasteiger charge is -2.20. The first-order chi connectivity index (χ1) is 5.91. The van der Waals surface area contributed by atoms with Crippen LogP contribution in [-0.4, -0.2) is 31.3 Å². The molecule has 0 atom stereocenters. The van der Waals surface area contributed by atoms with Crippen LogP contribution in [0, 0.1) is 0 Å². The van der Waals surface area contributed by atoms with E-state index in [2.05, 4.69) is 4.74 Å². The van der Waals surface area contributed by atoms with Gasteiger partial charge < -0.3 is 10.1 Å². The second kappa shape index (κ2) is 3.17. The normalized spacial score (nSPS) is 19.7. The first-order valence-corrected chi connectivity index (χ1v) is 3.78. The topological polar surface area (TPSA) is 38.3 Å². The lowest BCUT2D eigenvalue weighted by molar-refractivity contribution is -0.171. The van der Waals surface area contributed by atoms with E-state index in [9.17, 15) is 18.0 Å². The third-order valence-electron chi connectivity index (χ3n) is 1.95. The van der Waals surface area contributed by atoms with E-state index in [1.807, 2.05) is 5.32 Å². The highest BCUT2D eigenvalue weighted by atomic mass is 19.4. The van der Waals surface area contributed by atoms with E-state index in [4.69, 9.17) is 0 Å². The van der Waals surface area contributed by atoms with Crippen molar-refractivity contribution in [3.8, 4) is 0 Å². The zero-order valence-corrected chi connectivity index (χ0v) is 7.07. The Balaban J connectivity index is 2.49. The number of rotatable bonds is 3. The van der Waals surface area contributed by atoms with Gasteiger partial charge in [-0.05, 0) is 12.8 Å². The molecule has 1 saturated carbocycles. The Morgan fingerprint density at radius 1 is 1.54 bits per heavy atom. The average molecular weight is 197 g/mol. The van der Waals surface area contributed by atoms with Gasteiger partial charge in [-0.25, -0.2) is 0 Å². The van der Waals surface area contributed by atoms with E-state index in [1.165, 1.54) is 7.11 Å². The summed E-state index contributed by atoms with van der Waals surface area (Å²) in [6.07, 6.45) is -4.42. The monoisotopic (exact) mass is 197 g/mol. The maximum Gasteiger partial charge on any atom is 0.411 e. The second-order valence-corrected chi connectivity index (χ2v) is 3.06. The maximum absolute atomic E-state index is 12.2. The van der Waals surface area contributed by atoms with E-state index in [0.717, 1.165) is 0 Å². The fourth-order valence-corrected chi connectivity index (χ4v) is 1.04. The van der Waals surface area contributed by atoms with Crippen molar-refractivity contribution >= 4 is 5.91 Å². The largest absolute Gasteiger partial charge is 0.411 e. The Morgan fingerprint density at radius 3 is 2.38 bits per heavy atom. The fourth-order valence-electron chi connectivity index (χ4n) is 1.04. The third kappa shape index (κ3) is 2.12. The number of methoxy groups -OCH3 is 1. The van der Waals surface area contributed by atoms with Crippen molar-refractivity contribution in [3.63, 3.8) is 0 Å². The summed E-state index contributed by atoms with van der Waals surface area (Å²) in [5.41, 5.74) is -1.97. The molecule has 0 aromatic heterocycles. The molecule has 1 N–H and O–H groups in total. The van der Waals surface area contributed by atoms with Crippen LogP contribution in [0.25, 0.3) is 0 Å². The number of carbonyl (C=O) groups is 1. The lowest BCUT2D eigenvalue weighted by atomic mass is 10.2. The smallest absolute Gasteiger partial charge is 0.375 e. The van der Waals surface area contributed by atoms with Gasteiger partial charge in [0.2, 0.25) is 5.91 Å². The minimum atomic E-state index is -4.35. The number of alkyl halides is 3. The quantitative estimate of drug-likeness (QED) is 0.728. The molecular formula is C7H10F3NO2. The number of halogens is 3. The summed E-state index contributed by atoms with van der Waals surface area (Å²) in [6, 6.07) is 0. The van der Waals surface area contributed by atoms with Crippen molar-refractivity contribution in [1.82, 2.24) is 5.32 Å². The Bertz CT molecular complexity index is 210. The van der Waals surface area contributed by atoms with Gasteiger partial charge in [-0.3, -0.25) is 4.79 Å². The van der Waals surface area contributed by atoms with Crippen LogP contribution in [0.2, 0.25) is 0 Å². The van der Waals surface area contributed by atoms with Crippen molar-refractivity contribution in [2.45, 2.75) is 24.6 Å². The SMILES string of the molecule is COCC(=O)NC1(C(F)(F)F)CC1. The summed E-state index contributed by atoms with van der Waals surface area (Å²) in [6.45, 7) is -0.335. The van der Waals surface area contributed by atoms with Crippen molar-refractivity contribution in [1.29, 1.82) is 0 Å². The Kier molecular flexibility index (Phi) is 2.51. The summed E-state index contributed by atoms with van der Waals surface area (Å²) >= 11 is 0.